The summed E-state index contributed by atoms with van der Waals surface area (Å²) in [4.78, 5) is 3.94. The maximum Gasteiger partial charge on any atom is 0.191 e. The van der Waals surface area contributed by atoms with Gasteiger partial charge < -0.3 is 5.32 Å². The Morgan fingerprint density at radius 1 is 1.32 bits per heavy atom. The van der Waals surface area contributed by atoms with Crippen LogP contribution in [0.3, 0.4) is 0 Å². The third kappa shape index (κ3) is 2.72. The van der Waals surface area contributed by atoms with E-state index >= 15 is 0 Å². The Bertz CT molecular complexity index is 578. The van der Waals surface area contributed by atoms with Gasteiger partial charge in [0.05, 0.1) is 5.69 Å². The largest absolute Gasteiger partial charge is 0.368 e. The van der Waals surface area contributed by atoms with Crippen LogP contribution in [0, 0.1) is 11.6 Å². The van der Waals surface area contributed by atoms with Gasteiger partial charge in [-0.15, -0.1) is 0 Å². The highest BCUT2D eigenvalue weighted by Gasteiger charge is 2.14. The molecule has 0 atom stereocenters. The average Bonchev–Trinajstić information content (AvgIpc) is 2.82. The first-order valence-electron chi connectivity index (χ1n) is 6.18. The molecule has 0 fully saturated rings. The van der Waals surface area contributed by atoms with E-state index in [4.69, 9.17) is 0 Å². The average molecular weight is 266 g/mol. The number of anilines is 1. The van der Waals surface area contributed by atoms with Crippen LogP contribution >= 0.6 is 0 Å². The number of rotatable bonds is 4. The van der Waals surface area contributed by atoms with Gasteiger partial charge in [-0.05, 0) is 18.9 Å². The molecule has 6 heteroatoms. The molecule has 0 aromatic carbocycles. The molecule has 0 unspecified atom stereocenters. The molecule has 0 aliphatic heterocycles. The molecule has 0 aliphatic rings. The summed E-state index contributed by atoms with van der Waals surface area (Å²) in [6.45, 7) is 6.30. The number of aromatic nitrogens is 3. The fourth-order valence-corrected chi connectivity index (χ4v) is 1.67. The molecule has 0 amide bonds. The molecule has 2 aromatic heterocycles. The molecule has 2 aromatic rings. The Morgan fingerprint density at radius 2 is 2.05 bits per heavy atom. The zero-order valence-electron chi connectivity index (χ0n) is 11.1. The fraction of sp³-hybridized carbons (Fsp3) is 0.385. The monoisotopic (exact) mass is 266 g/mol. The highest BCUT2D eigenvalue weighted by Crippen LogP contribution is 2.19. The lowest BCUT2D eigenvalue weighted by Gasteiger charge is -2.08. The lowest BCUT2D eigenvalue weighted by atomic mass is 10.1. The van der Waals surface area contributed by atoms with Crippen LogP contribution in [0.25, 0.3) is 5.82 Å². The van der Waals surface area contributed by atoms with Crippen molar-refractivity contribution in [1.29, 1.82) is 0 Å². The molecule has 0 bridgehead atoms. The highest BCUT2D eigenvalue weighted by atomic mass is 19.1. The molecule has 2 heterocycles. The van der Waals surface area contributed by atoms with Crippen LogP contribution in [0.15, 0.2) is 18.3 Å². The first kappa shape index (κ1) is 13.5. The van der Waals surface area contributed by atoms with Crippen molar-refractivity contribution in [1.82, 2.24) is 14.8 Å². The lowest BCUT2D eigenvalue weighted by molar-refractivity contribution is 0.561. The van der Waals surface area contributed by atoms with Crippen molar-refractivity contribution in [3.8, 4) is 5.82 Å². The molecule has 0 radical (unpaired) electrons. The van der Waals surface area contributed by atoms with E-state index in [2.05, 4.69) is 15.4 Å². The molecule has 0 saturated carbocycles. The summed E-state index contributed by atoms with van der Waals surface area (Å²) in [7, 11) is 0. The molecular formula is C13H16F2N4. The van der Waals surface area contributed by atoms with Gasteiger partial charge in [0.2, 0.25) is 0 Å². The van der Waals surface area contributed by atoms with Crippen LogP contribution in [0.1, 0.15) is 32.4 Å². The van der Waals surface area contributed by atoms with Crippen molar-refractivity contribution in [2.75, 3.05) is 11.9 Å². The van der Waals surface area contributed by atoms with Gasteiger partial charge in [0.15, 0.2) is 23.3 Å². The fourth-order valence-electron chi connectivity index (χ4n) is 1.67. The van der Waals surface area contributed by atoms with E-state index in [0.717, 1.165) is 11.8 Å². The summed E-state index contributed by atoms with van der Waals surface area (Å²) in [6.07, 6.45) is 1.62. The maximum atomic E-state index is 13.8. The van der Waals surface area contributed by atoms with E-state index in [1.807, 2.05) is 20.8 Å². The molecule has 19 heavy (non-hydrogen) atoms. The second kappa shape index (κ2) is 5.34. The van der Waals surface area contributed by atoms with Gasteiger partial charge in [-0.3, -0.25) is 0 Å². The number of pyridine rings is 1. The van der Waals surface area contributed by atoms with Crippen molar-refractivity contribution in [3.63, 3.8) is 0 Å². The summed E-state index contributed by atoms with van der Waals surface area (Å²) < 4.78 is 28.6. The van der Waals surface area contributed by atoms with Crippen LogP contribution < -0.4 is 5.32 Å². The predicted molar refractivity (Wildman–Crippen MR) is 69.5 cm³/mol. The molecule has 4 nitrogen and oxygen atoms in total. The molecule has 1 N–H and O–H groups in total. The summed E-state index contributed by atoms with van der Waals surface area (Å²) in [5.41, 5.74) is 0.829. The van der Waals surface area contributed by atoms with E-state index < -0.39 is 11.6 Å². The van der Waals surface area contributed by atoms with Gasteiger partial charge in [0, 0.05) is 18.8 Å². The third-order valence-corrected chi connectivity index (χ3v) is 2.67. The lowest BCUT2D eigenvalue weighted by Crippen LogP contribution is -2.09. The van der Waals surface area contributed by atoms with Crippen LogP contribution in [-0.2, 0) is 0 Å². The van der Waals surface area contributed by atoms with Crippen LogP contribution in [0.5, 0.6) is 0 Å². The molecule has 2 rings (SSSR count). The standard InChI is InChI=1S/C13H16F2N4/c1-4-16-12-9(14)7-10(15)13(17-12)19-6-5-11(18-19)8(2)3/h5-8H,4H2,1-3H3,(H,16,17). The number of nitrogens with zero attached hydrogens (tertiary/aromatic N) is 3. The maximum absolute atomic E-state index is 13.8. The van der Waals surface area contributed by atoms with Crippen molar-refractivity contribution >= 4 is 5.82 Å². The van der Waals surface area contributed by atoms with Crippen molar-refractivity contribution in [2.45, 2.75) is 26.7 Å². The van der Waals surface area contributed by atoms with Gasteiger partial charge in [-0.1, -0.05) is 13.8 Å². The van der Waals surface area contributed by atoms with Gasteiger partial charge in [0.1, 0.15) is 0 Å². The number of hydrogen-bond acceptors (Lipinski definition) is 3. The van der Waals surface area contributed by atoms with Crippen LogP contribution in [0.4, 0.5) is 14.6 Å². The minimum absolute atomic E-state index is 0.00995. The minimum atomic E-state index is -0.738. The second-order valence-corrected chi connectivity index (χ2v) is 4.49. The normalized spacial score (nSPS) is 11.1. The SMILES string of the molecule is CCNc1nc(-n2ccc(C(C)C)n2)c(F)cc1F. The predicted octanol–water partition coefficient (Wildman–Crippen LogP) is 3.10. The van der Waals surface area contributed by atoms with E-state index in [1.165, 1.54) is 4.68 Å². The molecule has 102 valence electrons. The minimum Gasteiger partial charge on any atom is -0.368 e. The summed E-state index contributed by atoms with van der Waals surface area (Å²) in [5.74, 6) is -1.19. The van der Waals surface area contributed by atoms with Gasteiger partial charge in [-0.2, -0.15) is 5.10 Å². The van der Waals surface area contributed by atoms with Gasteiger partial charge in [0.25, 0.3) is 0 Å². The quantitative estimate of drug-likeness (QED) is 0.924. The van der Waals surface area contributed by atoms with Gasteiger partial charge >= 0.3 is 0 Å². The van der Waals surface area contributed by atoms with E-state index in [9.17, 15) is 8.78 Å². The highest BCUT2D eigenvalue weighted by molar-refractivity contribution is 5.42. The summed E-state index contributed by atoms with van der Waals surface area (Å²) in [6, 6.07) is 2.61. The summed E-state index contributed by atoms with van der Waals surface area (Å²) >= 11 is 0. The van der Waals surface area contributed by atoms with Crippen molar-refractivity contribution in [2.24, 2.45) is 0 Å². The van der Waals surface area contributed by atoms with E-state index in [1.54, 1.807) is 12.3 Å². The van der Waals surface area contributed by atoms with Gasteiger partial charge in [-0.25, -0.2) is 18.4 Å². The third-order valence-electron chi connectivity index (χ3n) is 2.67. The Balaban J connectivity index is 2.45. The Kier molecular flexibility index (Phi) is 3.78. The zero-order chi connectivity index (χ0) is 14.0. The number of nitrogens with one attached hydrogen (secondary N) is 1. The van der Waals surface area contributed by atoms with E-state index in [0.29, 0.717) is 6.54 Å². The van der Waals surface area contributed by atoms with Crippen molar-refractivity contribution in [3.05, 3.63) is 35.7 Å². The Hall–Kier alpha value is -1.98. The molecule has 0 aliphatic carbocycles. The molecule has 0 spiro atoms. The topological polar surface area (TPSA) is 42.7 Å². The Morgan fingerprint density at radius 3 is 2.63 bits per heavy atom. The first-order valence-corrected chi connectivity index (χ1v) is 6.18. The zero-order valence-corrected chi connectivity index (χ0v) is 11.1. The first-order chi connectivity index (χ1) is 9.02. The molecular weight excluding hydrogens is 250 g/mol. The Labute approximate surface area is 110 Å². The van der Waals surface area contributed by atoms with E-state index in [-0.39, 0.29) is 17.6 Å². The second-order valence-electron chi connectivity index (χ2n) is 4.49. The van der Waals surface area contributed by atoms with Crippen LogP contribution in [-0.4, -0.2) is 21.3 Å². The number of hydrogen-bond donors (Lipinski definition) is 1. The molecule has 0 saturated heterocycles. The smallest absolute Gasteiger partial charge is 0.191 e. The van der Waals surface area contributed by atoms with Crippen molar-refractivity contribution < 1.29 is 8.78 Å². The number of halogens is 2. The van der Waals surface area contributed by atoms with Crippen LogP contribution in [0.2, 0.25) is 0 Å². The summed E-state index contributed by atoms with van der Waals surface area (Å²) in [5, 5.41) is 6.98.